The Labute approximate surface area is 142 Å². The van der Waals surface area contributed by atoms with Gasteiger partial charge in [-0.15, -0.1) is 0 Å². The van der Waals surface area contributed by atoms with E-state index in [9.17, 15) is 13.6 Å². The number of amides is 2. The predicted molar refractivity (Wildman–Crippen MR) is 90.6 cm³/mol. The summed E-state index contributed by atoms with van der Waals surface area (Å²) in [6.07, 6.45) is 0.0746. The van der Waals surface area contributed by atoms with Crippen LogP contribution in [0.5, 0.6) is 0 Å². The summed E-state index contributed by atoms with van der Waals surface area (Å²) in [4.78, 5) is 12.0. The molecule has 1 unspecified atom stereocenters. The van der Waals surface area contributed by atoms with Crippen LogP contribution >= 0.6 is 15.9 Å². The van der Waals surface area contributed by atoms with E-state index in [0.29, 0.717) is 5.69 Å². The smallest absolute Gasteiger partial charge is 0.319 e. The minimum absolute atomic E-state index is 0.0277. The van der Waals surface area contributed by atoms with Crippen LogP contribution in [0.3, 0.4) is 0 Å². The lowest BCUT2D eigenvalue weighted by Gasteiger charge is -2.16. The summed E-state index contributed by atoms with van der Waals surface area (Å²) < 4.78 is 28.1. The highest BCUT2D eigenvalue weighted by atomic mass is 79.9. The molecular formula is C17H17BrF2N2O. The van der Waals surface area contributed by atoms with E-state index in [2.05, 4.69) is 26.6 Å². The average molecular weight is 383 g/mol. The molecule has 23 heavy (non-hydrogen) atoms. The van der Waals surface area contributed by atoms with Gasteiger partial charge in [0, 0.05) is 21.8 Å². The number of halogens is 3. The first-order chi connectivity index (χ1) is 10.9. The van der Waals surface area contributed by atoms with Crippen LogP contribution in [0.4, 0.5) is 19.3 Å². The van der Waals surface area contributed by atoms with Gasteiger partial charge in [-0.2, -0.15) is 0 Å². The molecule has 2 aromatic rings. The zero-order valence-corrected chi connectivity index (χ0v) is 14.4. The molecule has 0 aliphatic carbocycles. The standard InChI is InChI=1S/C17H17BrF2N2O/c1-10-8-12(18)6-7-16(10)22-17(23)21-11(2)9-13-14(19)4-3-5-15(13)20/h3-8,11H,9H2,1-2H3,(H2,21,22,23). The van der Waals surface area contributed by atoms with Crippen LogP contribution in [-0.2, 0) is 6.42 Å². The molecule has 6 heteroatoms. The normalized spacial score (nSPS) is 11.9. The Balaban J connectivity index is 1.97. The summed E-state index contributed by atoms with van der Waals surface area (Å²) in [7, 11) is 0. The topological polar surface area (TPSA) is 41.1 Å². The molecule has 1 atom stereocenters. The van der Waals surface area contributed by atoms with Gasteiger partial charge >= 0.3 is 6.03 Å². The third-order valence-corrected chi connectivity index (χ3v) is 3.88. The van der Waals surface area contributed by atoms with Crippen LogP contribution in [0.1, 0.15) is 18.1 Å². The van der Waals surface area contributed by atoms with Crippen molar-refractivity contribution in [1.82, 2.24) is 5.32 Å². The maximum atomic E-state index is 13.6. The van der Waals surface area contributed by atoms with Crippen molar-refractivity contribution in [3.05, 3.63) is 63.6 Å². The molecule has 0 aliphatic heterocycles. The van der Waals surface area contributed by atoms with E-state index in [-0.39, 0.29) is 12.0 Å². The van der Waals surface area contributed by atoms with Gasteiger partial charge in [-0.25, -0.2) is 13.6 Å². The van der Waals surface area contributed by atoms with Gasteiger partial charge in [-0.05, 0) is 56.2 Å². The van der Waals surface area contributed by atoms with Gasteiger partial charge in [0.25, 0.3) is 0 Å². The van der Waals surface area contributed by atoms with Crippen LogP contribution in [0.2, 0.25) is 0 Å². The second-order valence-corrected chi connectivity index (χ2v) is 6.28. The Hall–Kier alpha value is -1.95. The zero-order chi connectivity index (χ0) is 17.0. The minimum atomic E-state index is -0.609. The van der Waals surface area contributed by atoms with Gasteiger partial charge in [0.2, 0.25) is 0 Å². The van der Waals surface area contributed by atoms with Crippen molar-refractivity contribution in [1.29, 1.82) is 0 Å². The largest absolute Gasteiger partial charge is 0.335 e. The summed E-state index contributed by atoms with van der Waals surface area (Å²) in [5.74, 6) is -1.22. The van der Waals surface area contributed by atoms with E-state index >= 15 is 0 Å². The monoisotopic (exact) mass is 382 g/mol. The van der Waals surface area contributed by atoms with Crippen LogP contribution in [0, 0.1) is 18.6 Å². The fraction of sp³-hybridized carbons (Fsp3) is 0.235. The Morgan fingerprint density at radius 3 is 2.48 bits per heavy atom. The first-order valence-corrected chi connectivity index (χ1v) is 7.92. The van der Waals surface area contributed by atoms with Crippen molar-refractivity contribution >= 4 is 27.6 Å². The van der Waals surface area contributed by atoms with Crippen molar-refractivity contribution in [3.8, 4) is 0 Å². The van der Waals surface area contributed by atoms with Gasteiger partial charge in [0.15, 0.2) is 0 Å². The Bertz CT molecular complexity index is 701. The van der Waals surface area contributed by atoms with Crippen molar-refractivity contribution in [3.63, 3.8) is 0 Å². The van der Waals surface area contributed by atoms with E-state index in [1.165, 1.54) is 18.2 Å². The molecule has 0 saturated carbocycles. The fourth-order valence-corrected chi connectivity index (χ4v) is 2.71. The van der Waals surface area contributed by atoms with Crippen LogP contribution in [-0.4, -0.2) is 12.1 Å². The first-order valence-electron chi connectivity index (χ1n) is 7.13. The highest BCUT2D eigenvalue weighted by Gasteiger charge is 2.14. The average Bonchev–Trinajstić information content (AvgIpc) is 2.46. The van der Waals surface area contributed by atoms with Crippen LogP contribution in [0.25, 0.3) is 0 Å². The molecule has 0 heterocycles. The van der Waals surface area contributed by atoms with Crippen molar-refractivity contribution in [2.75, 3.05) is 5.32 Å². The molecule has 2 aromatic carbocycles. The maximum absolute atomic E-state index is 13.6. The second-order valence-electron chi connectivity index (χ2n) is 5.36. The highest BCUT2D eigenvalue weighted by molar-refractivity contribution is 9.10. The number of carbonyl (C=O) groups excluding carboxylic acids is 1. The summed E-state index contributed by atoms with van der Waals surface area (Å²) in [5.41, 5.74) is 1.55. The number of benzene rings is 2. The summed E-state index contributed by atoms with van der Waals surface area (Å²) in [5, 5.41) is 5.40. The summed E-state index contributed by atoms with van der Waals surface area (Å²) in [6, 6.07) is 8.37. The van der Waals surface area contributed by atoms with Gasteiger partial charge < -0.3 is 10.6 Å². The van der Waals surface area contributed by atoms with Gasteiger partial charge in [0.1, 0.15) is 11.6 Å². The Kier molecular flexibility index (Phi) is 5.71. The van der Waals surface area contributed by atoms with Gasteiger partial charge in [-0.3, -0.25) is 0 Å². The Morgan fingerprint density at radius 1 is 1.22 bits per heavy atom. The lowest BCUT2D eigenvalue weighted by atomic mass is 10.1. The second kappa shape index (κ2) is 7.55. The molecule has 0 aliphatic rings. The molecule has 0 fully saturated rings. The number of nitrogens with one attached hydrogen (secondary N) is 2. The number of aryl methyl sites for hydroxylation is 1. The number of carbonyl (C=O) groups is 1. The lowest BCUT2D eigenvalue weighted by Crippen LogP contribution is -2.37. The van der Waals surface area contributed by atoms with E-state index in [1.54, 1.807) is 13.0 Å². The molecule has 2 amide bonds. The maximum Gasteiger partial charge on any atom is 0.319 e. The molecule has 122 valence electrons. The molecule has 2 rings (SSSR count). The molecule has 0 saturated heterocycles. The number of hydrogen-bond donors (Lipinski definition) is 2. The third-order valence-electron chi connectivity index (χ3n) is 3.39. The first kappa shape index (κ1) is 17.4. The molecule has 0 radical (unpaired) electrons. The molecule has 3 nitrogen and oxygen atoms in total. The fourth-order valence-electron chi connectivity index (χ4n) is 2.23. The Morgan fingerprint density at radius 2 is 1.87 bits per heavy atom. The van der Waals surface area contributed by atoms with E-state index < -0.39 is 23.7 Å². The predicted octanol–water partition coefficient (Wildman–Crippen LogP) is 4.79. The van der Waals surface area contributed by atoms with E-state index in [0.717, 1.165) is 10.0 Å². The van der Waals surface area contributed by atoms with Gasteiger partial charge in [0.05, 0.1) is 0 Å². The molecule has 0 bridgehead atoms. The minimum Gasteiger partial charge on any atom is -0.335 e. The van der Waals surface area contributed by atoms with E-state index in [4.69, 9.17) is 0 Å². The molecule has 0 spiro atoms. The third kappa shape index (κ3) is 4.76. The number of rotatable bonds is 4. The van der Waals surface area contributed by atoms with Crippen LogP contribution < -0.4 is 10.6 Å². The van der Waals surface area contributed by atoms with Crippen molar-refractivity contribution in [2.45, 2.75) is 26.3 Å². The lowest BCUT2D eigenvalue weighted by molar-refractivity contribution is 0.249. The van der Waals surface area contributed by atoms with Crippen molar-refractivity contribution in [2.24, 2.45) is 0 Å². The summed E-state index contributed by atoms with van der Waals surface area (Å²) >= 11 is 3.35. The SMILES string of the molecule is Cc1cc(Br)ccc1NC(=O)NC(C)Cc1c(F)cccc1F. The molecule has 0 aromatic heterocycles. The number of urea groups is 1. The number of hydrogen-bond acceptors (Lipinski definition) is 1. The van der Waals surface area contributed by atoms with E-state index in [1.807, 2.05) is 19.1 Å². The summed E-state index contributed by atoms with van der Waals surface area (Å²) in [6.45, 7) is 3.57. The quantitative estimate of drug-likeness (QED) is 0.783. The highest BCUT2D eigenvalue weighted by Crippen LogP contribution is 2.20. The van der Waals surface area contributed by atoms with Crippen molar-refractivity contribution < 1.29 is 13.6 Å². The molecule has 2 N–H and O–H groups in total. The van der Waals surface area contributed by atoms with Crippen LogP contribution in [0.15, 0.2) is 40.9 Å². The molecular weight excluding hydrogens is 366 g/mol. The zero-order valence-electron chi connectivity index (χ0n) is 12.8. The number of anilines is 1. The van der Waals surface area contributed by atoms with Gasteiger partial charge in [-0.1, -0.05) is 22.0 Å².